The van der Waals surface area contributed by atoms with E-state index in [1.807, 2.05) is 0 Å². The molecule has 0 radical (unpaired) electrons. The lowest BCUT2D eigenvalue weighted by Crippen LogP contribution is -2.09. The second kappa shape index (κ2) is 15.1. The van der Waals surface area contributed by atoms with Crippen LogP contribution in [0.3, 0.4) is 0 Å². The van der Waals surface area contributed by atoms with Crippen molar-refractivity contribution in [2.24, 2.45) is 0 Å². The molecule has 2 aliphatic rings. The predicted octanol–water partition coefficient (Wildman–Crippen LogP) is 13.9. The molecule has 0 saturated heterocycles. The van der Waals surface area contributed by atoms with Gasteiger partial charge in [-0.1, -0.05) is 97.1 Å². The highest BCUT2D eigenvalue weighted by Crippen LogP contribution is 2.35. The van der Waals surface area contributed by atoms with Crippen molar-refractivity contribution < 1.29 is 0 Å². The first-order chi connectivity index (χ1) is 27.8. The Morgan fingerprint density at radius 2 is 0.965 bits per heavy atom. The third-order valence-electron chi connectivity index (χ3n) is 10.6. The van der Waals surface area contributed by atoms with E-state index in [4.69, 9.17) is 9.97 Å². The number of hydrogen-bond acceptors (Lipinski definition) is 3. The van der Waals surface area contributed by atoms with Crippen molar-refractivity contribution >= 4 is 86.7 Å². The molecule has 5 nitrogen and oxygen atoms in total. The first-order valence-corrected chi connectivity index (χ1v) is 19.4. The van der Waals surface area contributed by atoms with Gasteiger partial charge in [-0.05, 0) is 146 Å². The fourth-order valence-electron chi connectivity index (χ4n) is 7.52. The molecule has 0 saturated carbocycles. The zero-order chi connectivity index (χ0) is 38.9. The Hall–Kier alpha value is -7.24. The largest absolute Gasteiger partial charge is 0.355 e. The highest BCUT2D eigenvalue weighted by Gasteiger charge is 2.14. The molecule has 9 rings (SSSR count). The van der Waals surface area contributed by atoms with E-state index < -0.39 is 0 Å². The predicted molar refractivity (Wildman–Crippen MR) is 243 cm³/mol. The number of aryl methyl sites for hydroxylation is 2. The molecule has 0 aliphatic carbocycles. The van der Waals surface area contributed by atoms with Crippen LogP contribution < -0.4 is 4.90 Å². The van der Waals surface area contributed by atoms with Gasteiger partial charge in [0.25, 0.3) is 0 Å². The molecule has 0 fully saturated rings. The smallest absolute Gasteiger partial charge is 0.0760 e. The number of rotatable bonds is 7. The Labute approximate surface area is 333 Å². The van der Waals surface area contributed by atoms with E-state index in [1.165, 1.54) is 5.56 Å². The van der Waals surface area contributed by atoms with Crippen LogP contribution in [-0.2, 0) is 0 Å². The van der Waals surface area contributed by atoms with Gasteiger partial charge in [0.1, 0.15) is 0 Å². The molecular weight excluding hydrogens is 695 g/mol. The van der Waals surface area contributed by atoms with Gasteiger partial charge in [0.15, 0.2) is 0 Å². The molecule has 0 spiro atoms. The number of aromatic nitrogens is 4. The molecule has 0 unspecified atom stereocenters. The van der Waals surface area contributed by atoms with E-state index in [9.17, 15) is 0 Å². The summed E-state index contributed by atoms with van der Waals surface area (Å²) in [6.45, 7) is 8.52. The Balaban J connectivity index is 1.02. The summed E-state index contributed by atoms with van der Waals surface area (Å²) in [7, 11) is 0. The van der Waals surface area contributed by atoms with Crippen LogP contribution in [0.1, 0.15) is 70.0 Å². The fourth-order valence-corrected chi connectivity index (χ4v) is 7.52. The second-order valence-electron chi connectivity index (χ2n) is 14.8. The Bertz CT molecular complexity index is 2870. The molecule has 4 aromatic carbocycles. The maximum Gasteiger partial charge on any atom is 0.0760 e. The molecule has 2 aliphatic heterocycles. The maximum atomic E-state index is 5.18. The zero-order valence-electron chi connectivity index (χ0n) is 32.6. The third-order valence-corrected chi connectivity index (χ3v) is 10.6. The van der Waals surface area contributed by atoms with E-state index in [0.29, 0.717) is 0 Å². The molecule has 7 aromatic rings. The van der Waals surface area contributed by atoms with Crippen molar-refractivity contribution in [1.82, 2.24) is 19.9 Å². The third kappa shape index (κ3) is 7.56. The number of nitrogens with zero attached hydrogens (tertiary/aromatic N) is 3. The van der Waals surface area contributed by atoms with Gasteiger partial charge in [0, 0.05) is 44.7 Å². The maximum absolute atomic E-state index is 5.18. The second-order valence-corrected chi connectivity index (χ2v) is 14.8. The van der Waals surface area contributed by atoms with Crippen LogP contribution in [-0.4, -0.2) is 19.9 Å². The van der Waals surface area contributed by atoms with E-state index in [1.54, 1.807) is 0 Å². The lowest BCUT2D eigenvalue weighted by molar-refractivity contribution is 1.28. The minimum Gasteiger partial charge on any atom is -0.355 e. The summed E-state index contributed by atoms with van der Waals surface area (Å²) in [6, 6.07) is 49.1. The van der Waals surface area contributed by atoms with Crippen molar-refractivity contribution in [1.29, 1.82) is 0 Å². The van der Waals surface area contributed by atoms with Gasteiger partial charge in [-0.2, -0.15) is 0 Å². The first kappa shape index (κ1) is 35.5. The van der Waals surface area contributed by atoms with Gasteiger partial charge in [0.2, 0.25) is 0 Å². The summed E-state index contributed by atoms with van der Waals surface area (Å²) in [5, 5.41) is 0. The number of allylic oxidation sites excluding steroid dienone is 2. The number of hydrogen-bond donors (Lipinski definition) is 2. The average Bonchev–Trinajstić information content (AvgIpc) is 3.98. The molecule has 3 aromatic heterocycles. The Kier molecular flexibility index (Phi) is 9.41. The number of nitrogens with one attached hydrogen (secondary N) is 2. The normalized spacial score (nSPS) is 12.6. The minimum atomic E-state index is 0.924. The fraction of sp³-hybridized carbons (Fsp3) is 0.0769. The summed E-state index contributed by atoms with van der Waals surface area (Å²) in [6.07, 6.45) is 13.0. The summed E-state index contributed by atoms with van der Waals surface area (Å²) < 4.78 is 0. The van der Waals surface area contributed by atoms with Gasteiger partial charge in [-0.25, -0.2) is 9.97 Å². The van der Waals surface area contributed by atoms with E-state index in [-0.39, 0.29) is 0 Å². The van der Waals surface area contributed by atoms with Crippen molar-refractivity contribution in [2.45, 2.75) is 27.7 Å². The van der Waals surface area contributed by atoms with Crippen LogP contribution >= 0.6 is 0 Å². The van der Waals surface area contributed by atoms with Gasteiger partial charge < -0.3 is 14.9 Å². The number of aromatic amines is 2. The van der Waals surface area contributed by atoms with Crippen LogP contribution in [0.4, 0.5) is 17.1 Å². The van der Waals surface area contributed by atoms with Crippen LogP contribution in [0.5, 0.6) is 0 Å². The number of benzene rings is 4. The minimum absolute atomic E-state index is 0.924. The van der Waals surface area contributed by atoms with Crippen LogP contribution in [0, 0.1) is 13.8 Å². The van der Waals surface area contributed by atoms with E-state index in [0.717, 1.165) is 101 Å². The Morgan fingerprint density at radius 1 is 0.456 bits per heavy atom. The number of fused-ring (bicyclic) bond motifs is 8. The van der Waals surface area contributed by atoms with Gasteiger partial charge in [-0.15, -0.1) is 0 Å². The SMILES string of the molecule is CC1=Cc2cc3[nH]c(cc3C)c(/C=C/c3ccc(/C=C/c4ccc(N(c5ccccc5)c5ccccc5)cc4)cc3)c3nc(cc4[nH]c(cc1n2)cc4C)C=C3C. The summed E-state index contributed by atoms with van der Waals surface area (Å²) >= 11 is 0. The topological polar surface area (TPSA) is 60.6 Å². The number of para-hydroxylation sites is 2. The van der Waals surface area contributed by atoms with Gasteiger partial charge >= 0.3 is 0 Å². The van der Waals surface area contributed by atoms with E-state index in [2.05, 4.69) is 219 Å². The first-order valence-electron chi connectivity index (χ1n) is 19.4. The lowest BCUT2D eigenvalue weighted by Gasteiger charge is -2.25. The molecule has 5 heteroatoms. The van der Waals surface area contributed by atoms with Crippen LogP contribution in [0.2, 0.25) is 0 Å². The average molecular weight is 738 g/mol. The molecule has 0 atom stereocenters. The summed E-state index contributed by atoms with van der Waals surface area (Å²) in [5.74, 6) is 0. The van der Waals surface area contributed by atoms with Crippen molar-refractivity contribution in [3.8, 4) is 0 Å². The molecule has 2 N–H and O–H groups in total. The molecule has 8 bridgehead atoms. The van der Waals surface area contributed by atoms with Gasteiger partial charge in [0.05, 0.1) is 22.8 Å². The molecular formula is C52H43N5. The monoisotopic (exact) mass is 737 g/mol. The lowest BCUT2D eigenvalue weighted by atomic mass is 10.1. The van der Waals surface area contributed by atoms with Crippen molar-refractivity contribution in [3.05, 3.63) is 196 Å². The summed E-state index contributed by atoms with van der Waals surface area (Å²) in [4.78, 5) is 19.7. The van der Waals surface area contributed by atoms with Crippen molar-refractivity contribution in [3.63, 3.8) is 0 Å². The Morgan fingerprint density at radius 3 is 1.60 bits per heavy atom. The highest BCUT2D eigenvalue weighted by molar-refractivity contribution is 5.93. The molecule has 0 amide bonds. The van der Waals surface area contributed by atoms with Gasteiger partial charge in [-0.3, -0.25) is 0 Å². The number of anilines is 3. The zero-order valence-corrected chi connectivity index (χ0v) is 32.6. The quantitative estimate of drug-likeness (QED) is 0.160. The highest BCUT2D eigenvalue weighted by atomic mass is 15.1. The molecule has 57 heavy (non-hydrogen) atoms. The molecule has 5 heterocycles. The van der Waals surface area contributed by atoms with Crippen LogP contribution in [0.25, 0.3) is 69.7 Å². The van der Waals surface area contributed by atoms with E-state index >= 15 is 0 Å². The van der Waals surface area contributed by atoms with Crippen LogP contribution in [0.15, 0.2) is 140 Å². The summed E-state index contributed by atoms with van der Waals surface area (Å²) in [5.41, 5.74) is 20.3. The molecule has 276 valence electrons. The number of H-pyrrole nitrogens is 2. The van der Waals surface area contributed by atoms with Crippen molar-refractivity contribution in [2.75, 3.05) is 4.90 Å². The standard InChI is InChI=1S/C52H43N5/c1-34-28-42-32-50-36(3)30-51(56-50)47(52-37(4)29-43(55-52)33-49-35(2)27-41(53-49)31-48(34)54-42)26-23-39-18-15-38(16-19-39)17-20-40-21-24-46(25-22-40)57(44-11-7-5-8-12-44)45-13-9-6-10-14-45/h5-33,53,56H,1-4H3/b20-17+,26-23+,41-31?,42-32?,43-33?,48-31?,49-33?,50-32?,51-47?,52-47?.